The van der Waals surface area contributed by atoms with Crippen molar-refractivity contribution in [1.29, 1.82) is 0 Å². The summed E-state index contributed by atoms with van der Waals surface area (Å²) in [5.74, 6) is 0. The lowest BCUT2D eigenvalue weighted by Gasteiger charge is -1.98. The molecule has 0 fully saturated rings. The highest BCUT2D eigenvalue weighted by Gasteiger charge is 1.92. The minimum absolute atomic E-state index is 0.819. The first-order valence-electron chi connectivity index (χ1n) is 4.46. The molecule has 0 bridgehead atoms. The highest BCUT2D eigenvalue weighted by molar-refractivity contribution is 9.10. The summed E-state index contributed by atoms with van der Waals surface area (Å²) < 4.78 is 1.07. The molecule has 1 aromatic rings. The summed E-state index contributed by atoms with van der Waals surface area (Å²) in [5, 5.41) is 17.1. The fourth-order valence-electron chi connectivity index (χ4n) is 1.12. The van der Waals surface area contributed by atoms with Gasteiger partial charge in [0.1, 0.15) is 0 Å². The molecule has 0 amide bonds. The van der Waals surface area contributed by atoms with Crippen LogP contribution in [-0.2, 0) is 6.42 Å². The van der Waals surface area contributed by atoms with Gasteiger partial charge in [0.05, 0.1) is 0 Å². The van der Waals surface area contributed by atoms with E-state index >= 15 is 0 Å². The third-order valence-corrected chi connectivity index (χ3v) is 2.35. The normalized spacial score (nSPS) is 11.4. The summed E-state index contributed by atoms with van der Waals surface area (Å²) in [6.45, 7) is 0. The van der Waals surface area contributed by atoms with Gasteiger partial charge in [0, 0.05) is 4.47 Å². The van der Waals surface area contributed by atoms with Gasteiger partial charge in [-0.25, -0.2) is 0 Å². The van der Waals surface area contributed by atoms with Gasteiger partial charge in [0.25, 0.3) is 0 Å². The Hall–Kier alpha value is -0.640. The van der Waals surface area contributed by atoms with Crippen molar-refractivity contribution in [2.45, 2.75) is 19.1 Å². The summed E-state index contributed by atoms with van der Waals surface area (Å²) in [6.07, 6.45) is 3.54. The maximum atomic E-state index is 8.55. The van der Waals surface area contributed by atoms with Crippen molar-refractivity contribution in [3.8, 4) is 0 Å². The topological polar surface area (TPSA) is 40.5 Å². The third-order valence-electron chi connectivity index (χ3n) is 1.82. The first kappa shape index (κ1) is 11.4. The predicted molar refractivity (Wildman–Crippen MR) is 59.8 cm³/mol. The first-order chi connectivity index (χ1) is 6.68. The van der Waals surface area contributed by atoms with Gasteiger partial charge in [0.2, 0.25) is 0 Å². The zero-order valence-corrected chi connectivity index (χ0v) is 9.31. The van der Waals surface area contributed by atoms with E-state index in [-0.39, 0.29) is 0 Å². The molecule has 2 N–H and O–H groups in total. The van der Waals surface area contributed by atoms with E-state index in [0.29, 0.717) is 0 Å². The molecule has 1 aromatic carbocycles. The molecule has 2 nitrogen and oxygen atoms in total. The van der Waals surface area contributed by atoms with Gasteiger partial charge in [-0.1, -0.05) is 34.1 Å². The number of benzene rings is 1. The van der Waals surface area contributed by atoms with Crippen LogP contribution < -0.4 is 0 Å². The minimum atomic E-state index is -1.33. The average molecular weight is 257 g/mol. The molecule has 0 aromatic heterocycles. The van der Waals surface area contributed by atoms with Crippen molar-refractivity contribution in [2.24, 2.45) is 0 Å². The Labute approximate surface area is 92.0 Å². The summed E-state index contributed by atoms with van der Waals surface area (Å²) >= 11 is 3.37. The number of aliphatic hydroxyl groups is 2. The Morgan fingerprint density at radius 3 is 2.43 bits per heavy atom. The number of aliphatic hydroxyl groups excluding tert-OH is 1. The highest BCUT2D eigenvalue weighted by Crippen LogP contribution is 2.11. The second-order valence-corrected chi connectivity index (χ2v) is 3.92. The van der Waals surface area contributed by atoms with Crippen LogP contribution in [0.3, 0.4) is 0 Å². The van der Waals surface area contributed by atoms with Crippen molar-refractivity contribution in [3.05, 3.63) is 46.5 Å². The van der Waals surface area contributed by atoms with Gasteiger partial charge in [0.15, 0.2) is 6.29 Å². The smallest absolute Gasteiger partial charge is 0.171 e. The van der Waals surface area contributed by atoms with E-state index in [1.165, 1.54) is 11.6 Å². The molecular weight excluding hydrogens is 244 g/mol. The summed E-state index contributed by atoms with van der Waals surface area (Å²) in [5.41, 5.74) is 1.24. The second-order valence-electron chi connectivity index (χ2n) is 3.01. The Balaban J connectivity index is 2.35. The summed E-state index contributed by atoms with van der Waals surface area (Å²) in [4.78, 5) is 0. The van der Waals surface area contributed by atoms with Gasteiger partial charge in [-0.3, -0.25) is 0 Å². The van der Waals surface area contributed by atoms with Crippen LogP contribution in [0.25, 0.3) is 0 Å². The van der Waals surface area contributed by atoms with E-state index in [0.717, 1.165) is 17.3 Å². The minimum Gasteiger partial charge on any atom is -0.365 e. The van der Waals surface area contributed by atoms with Crippen LogP contribution in [0, 0.1) is 0 Å². The lowest BCUT2D eigenvalue weighted by Crippen LogP contribution is -1.97. The van der Waals surface area contributed by atoms with Gasteiger partial charge in [-0.05, 0) is 36.6 Å². The highest BCUT2D eigenvalue weighted by atomic mass is 79.9. The van der Waals surface area contributed by atoms with Crippen molar-refractivity contribution >= 4 is 15.9 Å². The maximum Gasteiger partial charge on any atom is 0.171 e. The standard InChI is InChI=1S/C11H13BrO2/c12-10-7-5-9(6-8-10)3-1-2-4-11(13)14/h2,4-8,11,13-14H,1,3H2. The Kier molecular flexibility index (Phi) is 4.87. The maximum absolute atomic E-state index is 8.55. The lowest BCUT2D eigenvalue weighted by molar-refractivity contribution is 0.00217. The molecule has 1 rings (SSSR count). The summed E-state index contributed by atoms with van der Waals surface area (Å²) in [7, 11) is 0. The average Bonchev–Trinajstić information content (AvgIpc) is 2.15. The molecular formula is C11H13BrO2. The fourth-order valence-corrected chi connectivity index (χ4v) is 1.38. The van der Waals surface area contributed by atoms with Crippen LogP contribution >= 0.6 is 15.9 Å². The zero-order chi connectivity index (χ0) is 10.4. The number of aryl methyl sites for hydroxylation is 1. The SMILES string of the molecule is OC(O)C=CCCc1ccc(Br)cc1. The molecule has 14 heavy (non-hydrogen) atoms. The van der Waals surface area contributed by atoms with E-state index in [2.05, 4.69) is 15.9 Å². The molecule has 0 aliphatic carbocycles. The third kappa shape index (κ3) is 4.56. The van der Waals surface area contributed by atoms with Gasteiger partial charge >= 0.3 is 0 Å². The van der Waals surface area contributed by atoms with Crippen LogP contribution in [0.2, 0.25) is 0 Å². The lowest BCUT2D eigenvalue weighted by atomic mass is 10.1. The molecule has 0 radical (unpaired) electrons. The molecule has 0 saturated carbocycles. The van der Waals surface area contributed by atoms with E-state index in [4.69, 9.17) is 10.2 Å². The zero-order valence-electron chi connectivity index (χ0n) is 7.73. The molecule has 0 saturated heterocycles. The van der Waals surface area contributed by atoms with E-state index in [1.807, 2.05) is 24.3 Å². The van der Waals surface area contributed by atoms with Crippen LogP contribution in [0.4, 0.5) is 0 Å². The molecule has 0 spiro atoms. The quantitative estimate of drug-likeness (QED) is 0.641. The van der Waals surface area contributed by atoms with Gasteiger partial charge in [-0.2, -0.15) is 0 Å². The molecule has 3 heteroatoms. The number of halogens is 1. The van der Waals surface area contributed by atoms with Gasteiger partial charge in [-0.15, -0.1) is 0 Å². The number of hydrogen-bond acceptors (Lipinski definition) is 2. The van der Waals surface area contributed by atoms with Crippen molar-refractivity contribution in [3.63, 3.8) is 0 Å². The van der Waals surface area contributed by atoms with E-state index < -0.39 is 6.29 Å². The van der Waals surface area contributed by atoms with Crippen molar-refractivity contribution in [1.82, 2.24) is 0 Å². The second kappa shape index (κ2) is 5.96. The van der Waals surface area contributed by atoms with E-state index in [9.17, 15) is 0 Å². The van der Waals surface area contributed by atoms with Gasteiger partial charge < -0.3 is 10.2 Å². The number of hydrogen-bond donors (Lipinski definition) is 2. The molecule has 0 aliphatic heterocycles. The monoisotopic (exact) mass is 256 g/mol. The fraction of sp³-hybridized carbons (Fsp3) is 0.273. The van der Waals surface area contributed by atoms with Crippen LogP contribution in [0.1, 0.15) is 12.0 Å². The Morgan fingerprint density at radius 2 is 1.86 bits per heavy atom. The molecule has 0 heterocycles. The number of rotatable bonds is 4. The Morgan fingerprint density at radius 1 is 1.21 bits per heavy atom. The van der Waals surface area contributed by atoms with Crippen LogP contribution in [-0.4, -0.2) is 16.5 Å². The first-order valence-corrected chi connectivity index (χ1v) is 5.25. The van der Waals surface area contributed by atoms with Crippen molar-refractivity contribution in [2.75, 3.05) is 0 Å². The molecule has 0 atom stereocenters. The Bertz CT molecular complexity index is 291. The predicted octanol–water partition coefficient (Wildman–Crippen LogP) is 2.25. The van der Waals surface area contributed by atoms with Crippen molar-refractivity contribution < 1.29 is 10.2 Å². The van der Waals surface area contributed by atoms with Crippen LogP contribution in [0.5, 0.6) is 0 Å². The van der Waals surface area contributed by atoms with E-state index in [1.54, 1.807) is 6.08 Å². The number of allylic oxidation sites excluding steroid dienone is 1. The molecule has 76 valence electrons. The molecule has 0 aliphatic rings. The molecule has 0 unspecified atom stereocenters. The summed E-state index contributed by atoms with van der Waals surface area (Å²) in [6, 6.07) is 8.10. The largest absolute Gasteiger partial charge is 0.365 e. The van der Waals surface area contributed by atoms with Crippen LogP contribution in [0.15, 0.2) is 40.9 Å².